The molecular weight excluding hydrogens is 228 g/mol. The Morgan fingerprint density at radius 3 is 2.65 bits per heavy atom. The first-order valence-electron chi connectivity index (χ1n) is 6.30. The van der Waals surface area contributed by atoms with Gasteiger partial charge >= 0.3 is 0 Å². The van der Waals surface area contributed by atoms with E-state index in [1.807, 2.05) is 24.8 Å². The number of anilines is 2. The van der Waals surface area contributed by atoms with E-state index in [4.69, 9.17) is 5.73 Å². The largest absolute Gasteiger partial charge is 0.398 e. The van der Waals surface area contributed by atoms with Crippen LogP contribution in [0, 0.1) is 6.92 Å². The standard InChI is InChI=1S/C14H22N2S/c1-11-5-6-12(9-13(11)15)16-10-14(17-2)7-3-4-8-14/h5-6,9,16H,3-4,7-8,10,15H2,1-2H3. The van der Waals surface area contributed by atoms with Gasteiger partial charge in [-0.05, 0) is 43.7 Å². The lowest BCUT2D eigenvalue weighted by Gasteiger charge is -2.27. The zero-order chi connectivity index (χ0) is 12.3. The van der Waals surface area contributed by atoms with Crippen LogP contribution in [-0.2, 0) is 0 Å². The van der Waals surface area contributed by atoms with Gasteiger partial charge in [0.15, 0.2) is 0 Å². The molecule has 0 saturated heterocycles. The first kappa shape index (κ1) is 12.6. The first-order chi connectivity index (χ1) is 8.15. The quantitative estimate of drug-likeness (QED) is 0.801. The molecule has 0 aromatic heterocycles. The second-order valence-corrected chi connectivity index (χ2v) is 6.29. The highest BCUT2D eigenvalue weighted by Gasteiger charge is 2.32. The molecule has 1 fully saturated rings. The maximum Gasteiger partial charge on any atom is 0.0364 e. The third-order valence-corrected chi connectivity index (χ3v) is 5.26. The van der Waals surface area contributed by atoms with E-state index in [-0.39, 0.29) is 0 Å². The zero-order valence-corrected chi connectivity index (χ0v) is 11.6. The van der Waals surface area contributed by atoms with Gasteiger partial charge in [0.25, 0.3) is 0 Å². The maximum absolute atomic E-state index is 5.92. The molecule has 1 aromatic rings. The van der Waals surface area contributed by atoms with Crippen molar-refractivity contribution in [1.82, 2.24) is 0 Å². The molecule has 0 radical (unpaired) electrons. The van der Waals surface area contributed by atoms with Gasteiger partial charge in [0, 0.05) is 22.7 Å². The lowest BCUT2D eigenvalue weighted by Crippen LogP contribution is -2.30. The Hall–Kier alpha value is -0.830. The molecule has 0 amide bonds. The van der Waals surface area contributed by atoms with Gasteiger partial charge in [-0.25, -0.2) is 0 Å². The number of hydrogen-bond acceptors (Lipinski definition) is 3. The van der Waals surface area contributed by atoms with Crippen LogP contribution in [0.15, 0.2) is 18.2 Å². The third kappa shape index (κ3) is 2.89. The SMILES string of the molecule is CSC1(CNc2ccc(C)c(N)c2)CCCC1. The van der Waals surface area contributed by atoms with Crippen LogP contribution in [0.2, 0.25) is 0 Å². The van der Waals surface area contributed by atoms with Crippen molar-refractivity contribution in [3.05, 3.63) is 23.8 Å². The van der Waals surface area contributed by atoms with Crippen molar-refractivity contribution in [2.75, 3.05) is 23.9 Å². The summed E-state index contributed by atoms with van der Waals surface area (Å²) in [6.07, 6.45) is 7.65. The molecular formula is C14H22N2S. The molecule has 0 bridgehead atoms. The number of nitrogen functional groups attached to an aromatic ring is 1. The van der Waals surface area contributed by atoms with Crippen LogP contribution < -0.4 is 11.1 Å². The van der Waals surface area contributed by atoms with Crippen molar-refractivity contribution < 1.29 is 0 Å². The second-order valence-electron chi connectivity index (χ2n) is 5.02. The van der Waals surface area contributed by atoms with Gasteiger partial charge < -0.3 is 11.1 Å². The van der Waals surface area contributed by atoms with E-state index < -0.39 is 0 Å². The molecule has 3 N–H and O–H groups in total. The predicted molar refractivity (Wildman–Crippen MR) is 78.8 cm³/mol. The van der Waals surface area contributed by atoms with Crippen molar-refractivity contribution >= 4 is 23.1 Å². The van der Waals surface area contributed by atoms with Crippen LogP contribution in [0.25, 0.3) is 0 Å². The fourth-order valence-electron chi connectivity index (χ4n) is 2.49. The molecule has 2 rings (SSSR count). The third-order valence-electron chi connectivity index (χ3n) is 3.84. The Morgan fingerprint density at radius 1 is 1.35 bits per heavy atom. The monoisotopic (exact) mass is 250 g/mol. The highest BCUT2D eigenvalue weighted by Crippen LogP contribution is 2.40. The average molecular weight is 250 g/mol. The summed E-state index contributed by atoms with van der Waals surface area (Å²) in [5, 5.41) is 3.55. The molecule has 0 heterocycles. The van der Waals surface area contributed by atoms with Crippen LogP contribution >= 0.6 is 11.8 Å². The normalized spacial score (nSPS) is 18.2. The number of nitrogens with one attached hydrogen (secondary N) is 1. The Kier molecular flexibility index (Phi) is 3.87. The smallest absolute Gasteiger partial charge is 0.0364 e. The van der Waals surface area contributed by atoms with Crippen LogP contribution in [-0.4, -0.2) is 17.5 Å². The Labute approximate surface area is 108 Å². The summed E-state index contributed by atoms with van der Waals surface area (Å²) in [5.41, 5.74) is 9.10. The number of rotatable bonds is 4. The van der Waals surface area contributed by atoms with E-state index in [2.05, 4.69) is 23.7 Å². The number of hydrogen-bond donors (Lipinski definition) is 2. The number of nitrogens with two attached hydrogens (primary N) is 1. The van der Waals surface area contributed by atoms with Gasteiger partial charge in [-0.1, -0.05) is 18.9 Å². The molecule has 94 valence electrons. The summed E-state index contributed by atoms with van der Waals surface area (Å²) in [4.78, 5) is 0. The van der Waals surface area contributed by atoms with E-state index in [9.17, 15) is 0 Å². The second kappa shape index (κ2) is 5.21. The molecule has 1 aromatic carbocycles. The van der Waals surface area contributed by atoms with E-state index in [0.717, 1.165) is 23.5 Å². The molecule has 17 heavy (non-hydrogen) atoms. The molecule has 0 atom stereocenters. The predicted octanol–water partition coefficient (Wildman–Crippen LogP) is 3.66. The average Bonchev–Trinajstić information content (AvgIpc) is 2.80. The fourth-order valence-corrected chi connectivity index (χ4v) is 3.40. The summed E-state index contributed by atoms with van der Waals surface area (Å²) in [6, 6.07) is 6.24. The highest BCUT2D eigenvalue weighted by atomic mass is 32.2. The van der Waals surface area contributed by atoms with E-state index in [1.165, 1.54) is 25.7 Å². The Balaban J connectivity index is 1.99. The summed E-state index contributed by atoms with van der Waals surface area (Å²) in [6.45, 7) is 3.09. The molecule has 0 spiro atoms. The molecule has 0 unspecified atom stereocenters. The number of aryl methyl sites for hydroxylation is 1. The number of benzene rings is 1. The molecule has 1 saturated carbocycles. The minimum absolute atomic E-state index is 0.444. The lowest BCUT2D eigenvalue weighted by atomic mass is 10.1. The fraction of sp³-hybridized carbons (Fsp3) is 0.571. The van der Waals surface area contributed by atoms with Crippen molar-refractivity contribution in [3.8, 4) is 0 Å². The summed E-state index contributed by atoms with van der Waals surface area (Å²) >= 11 is 2.01. The highest BCUT2D eigenvalue weighted by molar-refractivity contribution is 8.00. The number of thioether (sulfide) groups is 1. The summed E-state index contributed by atoms with van der Waals surface area (Å²) in [5.74, 6) is 0. The Morgan fingerprint density at radius 2 is 2.06 bits per heavy atom. The van der Waals surface area contributed by atoms with Gasteiger partial charge in [-0.3, -0.25) is 0 Å². The molecule has 1 aliphatic rings. The van der Waals surface area contributed by atoms with Crippen molar-refractivity contribution in [1.29, 1.82) is 0 Å². The van der Waals surface area contributed by atoms with E-state index in [1.54, 1.807) is 0 Å². The van der Waals surface area contributed by atoms with Gasteiger partial charge in [0.2, 0.25) is 0 Å². The van der Waals surface area contributed by atoms with Crippen LogP contribution in [0.3, 0.4) is 0 Å². The minimum Gasteiger partial charge on any atom is -0.398 e. The van der Waals surface area contributed by atoms with Crippen molar-refractivity contribution in [2.24, 2.45) is 0 Å². The molecule has 1 aliphatic carbocycles. The van der Waals surface area contributed by atoms with Crippen LogP contribution in [0.4, 0.5) is 11.4 Å². The van der Waals surface area contributed by atoms with Crippen LogP contribution in [0.5, 0.6) is 0 Å². The van der Waals surface area contributed by atoms with Crippen molar-refractivity contribution in [3.63, 3.8) is 0 Å². The molecule has 3 heteroatoms. The molecule has 2 nitrogen and oxygen atoms in total. The minimum atomic E-state index is 0.444. The van der Waals surface area contributed by atoms with Crippen molar-refractivity contribution in [2.45, 2.75) is 37.4 Å². The van der Waals surface area contributed by atoms with E-state index in [0.29, 0.717) is 4.75 Å². The topological polar surface area (TPSA) is 38.0 Å². The van der Waals surface area contributed by atoms with Gasteiger partial charge in [-0.15, -0.1) is 0 Å². The Bertz CT molecular complexity index is 384. The zero-order valence-electron chi connectivity index (χ0n) is 10.8. The summed E-state index contributed by atoms with van der Waals surface area (Å²) < 4.78 is 0.444. The first-order valence-corrected chi connectivity index (χ1v) is 7.53. The maximum atomic E-state index is 5.92. The lowest BCUT2D eigenvalue weighted by molar-refractivity contribution is 0.640. The van der Waals surface area contributed by atoms with E-state index >= 15 is 0 Å². The van der Waals surface area contributed by atoms with Gasteiger partial charge in [-0.2, -0.15) is 11.8 Å². The summed E-state index contributed by atoms with van der Waals surface area (Å²) in [7, 11) is 0. The molecule has 0 aliphatic heterocycles. The van der Waals surface area contributed by atoms with Gasteiger partial charge in [0.1, 0.15) is 0 Å². The van der Waals surface area contributed by atoms with Gasteiger partial charge in [0.05, 0.1) is 0 Å². The van der Waals surface area contributed by atoms with Crippen LogP contribution in [0.1, 0.15) is 31.2 Å².